The van der Waals surface area contributed by atoms with Crippen molar-refractivity contribution in [2.75, 3.05) is 0 Å². The standard InChI is InChI=1S/C9H15NO3/c1-8(2,3)10-6(11)9(4,5)13-7(10)12/h1-5H3. The minimum Gasteiger partial charge on any atom is -0.433 e. The highest BCUT2D eigenvalue weighted by molar-refractivity contribution is 6.03. The van der Waals surface area contributed by atoms with E-state index in [9.17, 15) is 9.59 Å². The van der Waals surface area contributed by atoms with Gasteiger partial charge in [-0.1, -0.05) is 0 Å². The second kappa shape index (κ2) is 2.47. The lowest BCUT2D eigenvalue weighted by molar-refractivity contribution is -0.137. The molecule has 1 fully saturated rings. The molecule has 0 saturated carbocycles. The van der Waals surface area contributed by atoms with E-state index in [0.717, 1.165) is 4.90 Å². The molecule has 1 aliphatic rings. The van der Waals surface area contributed by atoms with Gasteiger partial charge in [0.15, 0.2) is 5.60 Å². The number of rotatable bonds is 0. The zero-order valence-electron chi connectivity index (χ0n) is 8.67. The monoisotopic (exact) mass is 185 g/mol. The van der Waals surface area contributed by atoms with Gasteiger partial charge >= 0.3 is 6.09 Å². The van der Waals surface area contributed by atoms with Gasteiger partial charge in [-0.05, 0) is 34.6 Å². The molecule has 74 valence electrons. The first kappa shape index (κ1) is 10.0. The Morgan fingerprint density at radius 2 is 1.69 bits per heavy atom. The van der Waals surface area contributed by atoms with Gasteiger partial charge in [0, 0.05) is 5.54 Å². The molecule has 1 heterocycles. The Labute approximate surface area is 77.8 Å². The molecule has 13 heavy (non-hydrogen) atoms. The van der Waals surface area contributed by atoms with Crippen LogP contribution >= 0.6 is 0 Å². The van der Waals surface area contributed by atoms with Gasteiger partial charge in [-0.15, -0.1) is 0 Å². The summed E-state index contributed by atoms with van der Waals surface area (Å²) >= 11 is 0. The van der Waals surface area contributed by atoms with Crippen molar-refractivity contribution in [1.29, 1.82) is 0 Å². The first-order valence-electron chi connectivity index (χ1n) is 4.24. The predicted molar refractivity (Wildman–Crippen MR) is 47.2 cm³/mol. The van der Waals surface area contributed by atoms with Crippen LogP contribution in [0.3, 0.4) is 0 Å². The topological polar surface area (TPSA) is 46.6 Å². The van der Waals surface area contributed by atoms with Crippen LogP contribution in [0.1, 0.15) is 34.6 Å². The van der Waals surface area contributed by atoms with Gasteiger partial charge < -0.3 is 4.74 Å². The molecule has 0 radical (unpaired) electrons. The molecule has 4 heteroatoms. The van der Waals surface area contributed by atoms with Gasteiger partial charge in [0.25, 0.3) is 5.91 Å². The van der Waals surface area contributed by atoms with Crippen molar-refractivity contribution in [3.8, 4) is 0 Å². The third-order valence-electron chi connectivity index (χ3n) is 1.91. The zero-order valence-corrected chi connectivity index (χ0v) is 8.67. The number of hydrogen-bond donors (Lipinski definition) is 0. The van der Waals surface area contributed by atoms with Crippen molar-refractivity contribution in [1.82, 2.24) is 4.90 Å². The summed E-state index contributed by atoms with van der Waals surface area (Å²) in [6.45, 7) is 8.59. The zero-order chi connectivity index (χ0) is 10.4. The van der Waals surface area contributed by atoms with Crippen molar-refractivity contribution < 1.29 is 14.3 Å². The van der Waals surface area contributed by atoms with Crippen molar-refractivity contribution in [2.24, 2.45) is 0 Å². The number of carbonyl (C=O) groups is 2. The van der Waals surface area contributed by atoms with Crippen molar-refractivity contribution in [3.05, 3.63) is 0 Å². The summed E-state index contributed by atoms with van der Waals surface area (Å²) in [6.07, 6.45) is -0.553. The quantitative estimate of drug-likeness (QED) is 0.575. The number of imide groups is 1. The van der Waals surface area contributed by atoms with Gasteiger partial charge in [-0.25, -0.2) is 9.69 Å². The van der Waals surface area contributed by atoms with E-state index in [0.29, 0.717) is 0 Å². The second-order valence-electron chi connectivity index (χ2n) is 4.69. The molecule has 0 aromatic carbocycles. The molecule has 0 bridgehead atoms. The van der Waals surface area contributed by atoms with Gasteiger partial charge in [0.2, 0.25) is 0 Å². The van der Waals surface area contributed by atoms with Crippen molar-refractivity contribution in [3.63, 3.8) is 0 Å². The molecule has 1 saturated heterocycles. The summed E-state index contributed by atoms with van der Waals surface area (Å²) in [7, 11) is 0. The van der Waals surface area contributed by atoms with Crippen LogP contribution in [0, 0.1) is 0 Å². The molecule has 0 spiro atoms. The number of nitrogens with zero attached hydrogens (tertiary/aromatic N) is 1. The van der Waals surface area contributed by atoms with Gasteiger partial charge in [0.05, 0.1) is 0 Å². The summed E-state index contributed by atoms with van der Waals surface area (Å²) in [5.74, 6) is -0.273. The van der Waals surface area contributed by atoms with E-state index in [-0.39, 0.29) is 5.91 Å². The Kier molecular flexibility index (Phi) is 1.90. The SMILES string of the molecule is CC1(C)OC(=O)N(C(C)(C)C)C1=O. The highest BCUT2D eigenvalue weighted by Gasteiger charge is 2.51. The lowest BCUT2D eigenvalue weighted by Gasteiger charge is -2.27. The van der Waals surface area contributed by atoms with Crippen molar-refractivity contribution in [2.45, 2.75) is 45.8 Å². The number of carbonyl (C=O) groups excluding carboxylic acids is 2. The van der Waals surface area contributed by atoms with E-state index in [1.165, 1.54) is 0 Å². The molecular formula is C9H15NO3. The minimum absolute atomic E-state index is 0.273. The first-order valence-corrected chi connectivity index (χ1v) is 4.24. The third-order valence-corrected chi connectivity index (χ3v) is 1.91. The Bertz CT molecular complexity index is 263. The Hall–Kier alpha value is -1.06. The Morgan fingerprint density at radius 1 is 1.23 bits per heavy atom. The maximum absolute atomic E-state index is 11.7. The maximum atomic E-state index is 11.7. The lowest BCUT2D eigenvalue weighted by Crippen LogP contribution is -2.47. The fourth-order valence-electron chi connectivity index (χ4n) is 1.24. The maximum Gasteiger partial charge on any atom is 0.418 e. The average molecular weight is 185 g/mol. The molecule has 0 aromatic heterocycles. The summed E-state index contributed by atoms with van der Waals surface area (Å²) in [6, 6.07) is 0. The van der Waals surface area contributed by atoms with Gasteiger partial charge in [0.1, 0.15) is 0 Å². The molecule has 0 aromatic rings. The average Bonchev–Trinajstić information content (AvgIpc) is 1.99. The first-order chi connectivity index (χ1) is 5.66. The second-order valence-corrected chi connectivity index (χ2v) is 4.69. The Morgan fingerprint density at radius 3 is 1.85 bits per heavy atom. The van der Waals surface area contributed by atoms with E-state index in [4.69, 9.17) is 4.74 Å². The van der Waals surface area contributed by atoms with Crippen LogP contribution in [-0.2, 0) is 9.53 Å². The molecule has 1 rings (SSSR count). The molecule has 0 unspecified atom stereocenters. The molecule has 0 aliphatic carbocycles. The van der Waals surface area contributed by atoms with E-state index >= 15 is 0 Å². The minimum atomic E-state index is -1.01. The number of amides is 2. The molecular weight excluding hydrogens is 170 g/mol. The van der Waals surface area contributed by atoms with E-state index in [1.54, 1.807) is 34.6 Å². The highest BCUT2D eigenvalue weighted by Crippen LogP contribution is 2.29. The van der Waals surface area contributed by atoms with Gasteiger partial charge in [-0.3, -0.25) is 4.79 Å². The summed E-state index contributed by atoms with van der Waals surface area (Å²) in [5, 5.41) is 0. The number of hydrogen-bond acceptors (Lipinski definition) is 3. The largest absolute Gasteiger partial charge is 0.433 e. The normalized spacial score (nSPS) is 22.1. The van der Waals surface area contributed by atoms with Crippen LogP contribution in [-0.4, -0.2) is 28.0 Å². The van der Waals surface area contributed by atoms with E-state index in [1.807, 2.05) is 0 Å². The highest BCUT2D eigenvalue weighted by atomic mass is 16.6. The lowest BCUT2D eigenvalue weighted by atomic mass is 10.0. The molecule has 1 aliphatic heterocycles. The van der Waals surface area contributed by atoms with Crippen molar-refractivity contribution >= 4 is 12.0 Å². The molecule has 0 N–H and O–H groups in total. The van der Waals surface area contributed by atoms with Gasteiger partial charge in [-0.2, -0.15) is 0 Å². The van der Waals surface area contributed by atoms with Crippen LogP contribution in [0.5, 0.6) is 0 Å². The van der Waals surface area contributed by atoms with E-state index < -0.39 is 17.2 Å². The van der Waals surface area contributed by atoms with Crippen LogP contribution < -0.4 is 0 Å². The number of ether oxygens (including phenoxy) is 1. The molecule has 2 amide bonds. The smallest absolute Gasteiger partial charge is 0.418 e. The van der Waals surface area contributed by atoms with E-state index in [2.05, 4.69) is 0 Å². The fraction of sp³-hybridized carbons (Fsp3) is 0.778. The molecule has 0 atom stereocenters. The third kappa shape index (κ3) is 1.53. The number of cyclic esters (lactones) is 1. The summed E-state index contributed by atoms with van der Waals surface area (Å²) in [4.78, 5) is 24.2. The van der Waals surface area contributed by atoms with Crippen LogP contribution in [0.15, 0.2) is 0 Å². The van der Waals surface area contributed by atoms with Crippen LogP contribution in [0.4, 0.5) is 4.79 Å². The Balaban J connectivity index is 3.03. The summed E-state index contributed by atoms with van der Waals surface area (Å²) < 4.78 is 4.94. The van der Waals surface area contributed by atoms with Crippen LogP contribution in [0.25, 0.3) is 0 Å². The van der Waals surface area contributed by atoms with Crippen LogP contribution in [0.2, 0.25) is 0 Å². The predicted octanol–water partition coefficient (Wildman–Crippen LogP) is 1.54. The molecule has 4 nitrogen and oxygen atoms in total. The summed E-state index contributed by atoms with van der Waals surface area (Å²) in [5.41, 5.74) is -1.52. The fourth-order valence-corrected chi connectivity index (χ4v) is 1.24.